The van der Waals surface area contributed by atoms with Crippen molar-refractivity contribution in [3.63, 3.8) is 0 Å². The third-order valence-electron chi connectivity index (χ3n) is 7.55. The van der Waals surface area contributed by atoms with E-state index in [1.54, 1.807) is 42.0 Å². The highest BCUT2D eigenvalue weighted by molar-refractivity contribution is 7.80. The van der Waals surface area contributed by atoms with Crippen molar-refractivity contribution in [2.75, 3.05) is 71.2 Å². The topological polar surface area (TPSA) is 169 Å². The number of rotatable bonds is 22. The maximum Gasteiger partial charge on any atom is 0.321 e. The quantitative estimate of drug-likeness (QED) is 0.0598. The minimum atomic E-state index is -0.980. The van der Waals surface area contributed by atoms with Crippen LogP contribution in [-0.4, -0.2) is 117 Å². The first-order valence-electron chi connectivity index (χ1n) is 15.7. The van der Waals surface area contributed by atoms with Gasteiger partial charge in [0, 0.05) is 59.4 Å². The Hall–Kier alpha value is -3.31. The normalized spacial score (nSPS) is 12.4. The molecular formula is C33H44ClN5O8S2. The molecule has 3 aromatic rings. The number of carbonyl (C=O) groups excluding carboxylic acids is 3. The smallest absolute Gasteiger partial charge is 0.321 e. The van der Waals surface area contributed by atoms with Crippen molar-refractivity contribution in [3.8, 4) is 5.75 Å². The summed E-state index contributed by atoms with van der Waals surface area (Å²) in [5.41, 5.74) is 2.53. The fourth-order valence-corrected chi connectivity index (χ4v) is 5.64. The maximum atomic E-state index is 13.5. The predicted octanol–water partition coefficient (Wildman–Crippen LogP) is 1.97. The average molecular weight is 738 g/mol. The average Bonchev–Trinajstić information content (AvgIpc) is 3.36. The van der Waals surface area contributed by atoms with Gasteiger partial charge in [0.15, 0.2) is 0 Å². The number of aliphatic carboxylic acids is 1. The second kappa shape index (κ2) is 21.0. The van der Waals surface area contributed by atoms with E-state index in [2.05, 4.69) is 46.5 Å². The molecule has 2 amide bonds. The molecule has 1 heterocycles. The van der Waals surface area contributed by atoms with Gasteiger partial charge >= 0.3 is 5.97 Å². The highest BCUT2D eigenvalue weighted by Crippen LogP contribution is 2.31. The summed E-state index contributed by atoms with van der Waals surface area (Å²) in [4.78, 5) is 49.8. The number of halogens is 1. The molecule has 0 saturated heterocycles. The van der Waals surface area contributed by atoms with Gasteiger partial charge < -0.3 is 40.6 Å². The Labute approximate surface area is 301 Å². The molecule has 2 aromatic carbocycles. The Balaban J connectivity index is 1.36. The summed E-state index contributed by atoms with van der Waals surface area (Å²) in [7, 11) is 1.56. The summed E-state index contributed by atoms with van der Waals surface area (Å²) in [6.45, 7) is 4.33. The number of hydrogen-bond donors (Lipinski definition) is 7. The van der Waals surface area contributed by atoms with Crippen LogP contribution in [0.25, 0.3) is 10.9 Å². The van der Waals surface area contributed by atoms with Crippen LogP contribution in [0.15, 0.2) is 42.5 Å². The fraction of sp³-hybridized carbons (Fsp3) is 0.455. The van der Waals surface area contributed by atoms with E-state index in [0.717, 1.165) is 10.9 Å². The number of carboxylic acids is 1. The number of carbonyl (C=O) groups is 4. The molecule has 0 aliphatic rings. The van der Waals surface area contributed by atoms with Crippen molar-refractivity contribution in [2.24, 2.45) is 0 Å². The molecule has 0 radical (unpaired) electrons. The molecule has 0 aliphatic carbocycles. The minimum absolute atomic E-state index is 0.0625. The van der Waals surface area contributed by atoms with Gasteiger partial charge in [-0.05, 0) is 55.0 Å². The largest absolute Gasteiger partial charge is 0.497 e. The van der Waals surface area contributed by atoms with Crippen molar-refractivity contribution in [1.29, 1.82) is 0 Å². The molecule has 0 fully saturated rings. The van der Waals surface area contributed by atoms with Gasteiger partial charge in [-0.15, -0.1) is 0 Å². The number of nitrogens with zero attached hydrogens (tertiary/aromatic N) is 1. The van der Waals surface area contributed by atoms with Crippen molar-refractivity contribution in [1.82, 2.24) is 25.8 Å². The second-order valence-corrected chi connectivity index (χ2v) is 12.0. The molecule has 3 rings (SSSR count). The summed E-state index contributed by atoms with van der Waals surface area (Å²) < 4.78 is 18.1. The lowest BCUT2D eigenvalue weighted by Crippen LogP contribution is -2.49. The molecule has 0 spiro atoms. The van der Waals surface area contributed by atoms with E-state index in [-0.39, 0.29) is 48.9 Å². The van der Waals surface area contributed by atoms with Crippen LogP contribution in [0.3, 0.4) is 0 Å². The minimum Gasteiger partial charge on any atom is -0.497 e. The Bertz CT molecular complexity index is 1560. The van der Waals surface area contributed by atoms with Gasteiger partial charge in [-0.3, -0.25) is 23.7 Å². The van der Waals surface area contributed by atoms with Crippen LogP contribution in [-0.2, 0) is 30.3 Å². The summed E-state index contributed by atoms with van der Waals surface area (Å²) in [5.74, 6) is -0.608. The molecule has 16 heteroatoms. The van der Waals surface area contributed by atoms with Crippen LogP contribution in [0, 0.1) is 6.92 Å². The third kappa shape index (κ3) is 12.2. The highest BCUT2D eigenvalue weighted by Gasteiger charge is 2.22. The summed E-state index contributed by atoms with van der Waals surface area (Å²) in [5, 5.41) is 21.8. The van der Waals surface area contributed by atoms with E-state index in [9.17, 15) is 19.2 Å². The summed E-state index contributed by atoms with van der Waals surface area (Å²) >= 11 is 14.2. The number of hydrogen-bond acceptors (Lipinski definition) is 11. The van der Waals surface area contributed by atoms with Crippen LogP contribution < -0.4 is 26.0 Å². The van der Waals surface area contributed by atoms with Crippen molar-refractivity contribution in [3.05, 3.63) is 64.3 Å². The Morgan fingerprint density at radius 2 is 1.47 bits per heavy atom. The monoisotopic (exact) mass is 737 g/mol. The molecule has 1 unspecified atom stereocenters. The number of thiol groups is 2. The molecule has 5 N–H and O–H groups in total. The van der Waals surface area contributed by atoms with E-state index in [1.165, 1.54) is 0 Å². The van der Waals surface area contributed by atoms with Crippen LogP contribution in [0.4, 0.5) is 0 Å². The van der Waals surface area contributed by atoms with E-state index >= 15 is 0 Å². The zero-order chi connectivity index (χ0) is 35.8. The first kappa shape index (κ1) is 40.1. The standard InChI is InChI=1S/C33H44ClN5O8S2/c1-21-25(26-17-24(45-2)7-8-29(26)39(21)32(42)22-3-5-23(34)6-4-22)18-30(40)37-11-13-46-15-16-47-14-12-38-31(41)27(19-48)35-9-10-36-28(20-49)33(43)44/h3-8,17,27-28,35-36,48-49H,9-16,18-20H2,1-2H3,(H,37,40)(H,38,41)(H,43,44)/t27?,28-/m1/s1. The lowest BCUT2D eigenvalue weighted by Gasteiger charge is -2.18. The molecule has 13 nitrogen and oxygen atoms in total. The van der Waals surface area contributed by atoms with Gasteiger partial charge in [0.2, 0.25) is 11.8 Å². The summed E-state index contributed by atoms with van der Waals surface area (Å²) in [6.07, 6.45) is 0.0625. The number of amides is 2. The molecular weight excluding hydrogens is 694 g/mol. The van der Waals surface area contributed by atoms with Crippen molar-refractivity contribution >= 4 is 71.5 Å². The lowest BCUT2D eigenvalue weighted by molar-refractivity contribution is -0.138. The van der Waals surface area contributed by atoms with Gasteiger partial charge in [-0.1, -0.05) is 11.6 Å². The first-order valence-corrected chi connectivity index (χ1v) is 17.3. The fourth-order valence-electron chi connectivity index (χ4n) is 4.94. The number of benzene rings is 2. The zero-order valence-electron chi connectivity index (χ0n) is 27.5. The molecule has 0 bridgehead atoms. The van der Waals surface area contributed by atoms with Gasteiger partial charge in [-0.25, -0.2) is 0 Å². The van der Waals surface area contributed by atoms with Crippen LogP contribution in [0.2, 0.25) is 5.02 Å². The maximum absolute atomic E-state index is 13.5. The lowest BCUT2D eigenvalue weighted by atomic mass is 10.1. The van der Waals surface area contributed by atoms with Crippen molar-refractivity contribution in [2.45, 2.75) is 25.4 Å². The summed E-state index contributed by atoms with van der Waals surface area (Å²) in [6, 6.07) is 10.8. The number of fused-ring (bicyclic) bond motifs is 1. The second-order valence-electron chi connectivity index (χ2n) is 10.9. The van der Waals surface area contributed by atoms with E-state index in [0.29, 0.717) is 66.9 Å². The highest BCUT2D eigenvalue weighted by atomic mass is 35.5. The zero-order valence-corrected chi connectivity index (χ0v) is 30.0. The number of nitrogens with one attached hydrogen (secondary N) is 4. The predicted molar refractivity (Wildman–Crippen MR) is 195 cm³/mol. The van der Waals surface area contributed by atoms with Gasteiger partial charge in [-0.2, -0.15) is 25.3 Å². The van der Waals surface area contributed by atoms with Gasteiger partial charge in [0.05, 0.1) is 51.5 Å². The van der Waals surface area contributed by atoms with E-state index in [4.69, 9.17) is 30.9 Å². The van der Waals surface area contributed by atoms with Crippen LogP contribution in [0.1, 0.15) is 21.6 Å². The molecule has 0 aliphatic heterocycles. The number of carboxylic acid groups (broad SMARTS) is 1. The molecule has 49 heavy (non-hydrogen) atoms. The number of aromatic nitrogens is 1. The van der Waals surface area contributed by atoms with Gasteiger partial charge in [0.25, 0.3) is 5.91 Å². The number of ether oxygens (including phenoxy) is 3. The molecule has 2 atom stereocenters. The molecule has 268 valence electrons. The van der Waals surface area contributed by atoms with Crippen LogP contribution >= 0.6 is 36.9 Å². The van der Waals surface area contributed by atoms with E-state index in [1.807, 2.05) is 19.1 Å². The van der Waals surface area contributed by atoms with Gasteiger partial charge in [0.1, 0.15) is 11.8 Å². The molecule has 0 saturated carbocycles. The van der Waals surface area contributed by atoms with E-state index < -0.39 is 18.1 Å². The first-order chi connectivity index (χ1) is 23.6. The Kier molecular flexibility index (Phi) is 17.2. The Morgan fingerprint density at radius 1 is 0.857 bits per heavy atom. The Morgan fingerprint density at radius 3 is 2.06 bits per heavy atom. The van der Waals surface area contributed by atoms with Crippen molar-refractivity contribution < 1.29 is 38.5 Å². The number of methoxy groups -OCH3 is 1. The molecule has 1 aromatic heterocycles. The SMILES string of the molecule is COc1ccc2c(c1)c(CC(=O)NCCOCCOCCNC(=O)C(CS)NCCN[C@H](CS)C(=O)O)c(C)n2C(=O)c1ccc(Cl)cc1. The third-order valence-corrected chi connectivity index (χ3v) is 8.53. The van der Waals surface area contributed by atoms with Crippen LogP contribution in [0.5, 0.6) is 5.75 Å².